The highest BCUT2D eigenvalue weighted by Gasteiger charge is 2.60. The molecule has 11 rings (SSSR count). The molecule has 0 N–H and O–H groups in total. The summed E-state index contributed by atoms with van der Waals surface area (Å²) in [5.41, 5.74) is 8.36. The van der Waals surface area contributed by atoms with Gasteiger partial charge in [-0.2, -0.15) is 15.8 Å². The molecule has 5 aliphatic rings. The second-order valence-corrected chi connectivity index (χ2v) is 16.9. The minimum absolute atomic E-state index is 0.0571. The van der Waals surface area contributed by atoms with Crippen molar-refractivity contribution >= 4 is 16.3 Å². The number of hydrogen-bond acceptors (Lipinski definition) is 6. The second-order valence-electron chi connectivity index (χ2n) is 16.9. The normalized spacial score (nSPS) is 25.9. The van der Waals surface area contributed by atoms with Gasteiger partial charge < -0.3 is 0 Å². The maximum Gasteiger partial charge on any atom is 0.164 e. The Morgan fingerprint density at radius 2 is 1.19 bits per heavy atom. The Morgan fingerprint density at radius 3 is 1.84 bits per heavy atom. The summed E-state index contributed by atoms with van der Waals surface area (Å²) in [6.45, 7) is 2.17. The zero-order valence-corrected chi connectivity index (χ0v) is 31.9. The largest absolute Gasteiger partial charge is 0.209 e. The van der Waals surface area contributed by atoms with Crippen molar-refractivity contribution in [3.05, 3.63) is 156 Å². The van der Waals surface area contributed by atoms with Crippen molar-refractivity contribution in [3.8, 4) is 52.1 Å². The fourth-order valence-electron chi connectivity index (χ4n) is 11.6. The van der Waals surface area contributed by atoms with E-state index in [0.717, 1.165) is 70.7 Å². The Kier molecular flexibility index (Phi) is 8.25. The highest BCUT2D eigenvalue weighted by Crippen LogP contribution is 2.69. The van der Waals surface area contributed by atoms with Crippen LogP contribution in [0.4, 0.5) is 0 Å². The van der Waals surface area contributed by atoms with Crippen LogP contribution in [0.15, 0.2) is 133 Å². The maximum absolute atomic E-state index is 11.0. The van der Waals surface area contributed by atoms with Crippen molar-refractivity contribution in [2.45, 2.75) is 50.9 Å². The van der Waals surface area contributed by atoms with Crippen LogP contribution in [-0.2, 0) is 5.41 Å². The summed E-state index contributed by atoms with van der Waals surface area (Å²) >= 11 is 0. The van der Waals surface area contributed by atoms with Gasteiger partial charge in [0.05, 0.1) is 35.3 Å². The predicted molar refractivity (Wildman–Crippen MR) is 223 cm³/mol. The number of nitriles is 3. The van der Waals surface area contributed by atoms with Gasteiger partial charge in [-0.15, -0.1) is 0 Å². The Balaban J connectivity index is 1.04. The van der Waals surface area contributed by atoms with Crippen molar-refractivity contribution in [2.75, 3.05) is 0 Å². The van der Waals surface area contributed by atoms with Gasteiger partial charge in [0.1, 0.15) is 0 Å². The highest BCUT2D eigenvalue weighted by atomic mass is 15.0. The lowest BCUT2D eigenvalue weighted by Gasteiger charge is -2.64. The van der Waals surface area contributed by atoms with Crippen LogP contribution in [0.5, 0.6) is 0 Å². The average molecular weight is 737 g/mol. The summed E-state index contributed by atoms with van der Waals surface area (Å²) in [6.07, 6.45) is 11.1. The third-order valence-corrected chi connectivity index (χ3v) is 13.6. The third-order valence-electron chi connectivity index (χ3n) is 13.6. The lowest BCUT2D eigenvalue weighted by molar-refractivity contribution is -0.0556. The molecule has 4 saturated carbocycles. The number of allylic oxidation sites excluding steroid dienone is 4. The zero-order valence-electron chi connectivity index (χ0n) is 31.9. The first-order chi connectivity index (χ1) is 27.9. The first-order valence-corrected chi connectivity index (χ1v) is 20.1. The maximum atomic E-state index is 11.0. The van der Waals surface area contributed by atoms with Gasteiger partial charge in [-0.05, 0) is 95.4 Å². The molecule has 1 aromatic heterocycles. The van der Waals surface area contributed by atoms with E-state index in [2.05, 4.69) is 61.5 Å². The van der Waals surface area contributed by atoms with Crippen LogP contribution < -0.4 is 0 Å². The molecule has 1 heterocycles. The van der Waals surface area contributed by atoms with E-state index in [4.69, 9.17) is 15.0 Å². The molecule has 0 amide bonds. The van der Waals surface area contributed by atoms with Gasteiger partial charge in [0.25, 0.3) is 0 Å². The molecular formula is C51H40N6. The number of benzene rings is 5. The smallest absolute Gasteiger partial charge is 0.164 e. The van der Waals surface area contributed by atoms with Gasteiger partial charge in [0.2, 0.25) is 0 Å². The molecule has 0 aliphatic heterocycles. The van der Waals surface area contributed by atoms with Crippen molar-refractivity contribution in [1.29, 1.82) is 15.8 Å². The summed E-state index contributed by atoms with van der Waals surface area (Å²) < 4.78 is 0. The number of aromatic nitrogens is 3. The zero-order chi connectivity index (χ0) is 38.7. The average Bonchev–Trinajstić information content (AvgIpc) is 3.25. The summed E-state index contributed by atoms with van der Waals surface area (Å²) in [4.78, 5) is 15.0. The van der Waals surface area contributed by atoms with Crippen LogP contribution in [0.2, 0.25) is 0 Å². The van der Waals surface area contributed by atoms with E-state index in [1.165, 1.54) is 17.6 Å². The van der Waals surface area contributed by atoms with E-state index in [9.17, 15) is 15.8 Å². The van der Waals surface area contributed by atoms with Crippen LogP contribution >= 0.6 is 0 Å². The van der Waals surface area contributed by atoms with Crippen LogP contribution in [-0.4, -0.2) is 15.0 Å². The minimum atomic E-state index is -0.308. The molecule has 5 aromatic carbocycles. The van der Waals surface area contributed by atoms with E-state index in [-0.39, 0.29) is 22.7 Å². The van der Waals surface area contributed by atoms with E-state index in [1.54, 1.807) is 0 Å². The second kappa shape index (κ2) is 13.5. The van der Waals surface area contributed by atoms with Gasteiger partial charge in [-0.3, -0.25) is 0 Å². The van der Waals surface area contributed by atoms with Crippen LogP contribution in [0.25, 0.3) is 50.2 Å². The van der Waals surface area contributed by atoms with Crippen LogP contribution in [0.1, 0.15) is 68.0 Å². The molecule has 0 spiro atoms. The number of hydrogen-bond donors (Lipinski definition) is 0. The van der Waals surface area contributed by atoms with Gasteiger partial charge in [-0.1, -0.05) is 122 Å². The molecule has 4 bridgehead atoms. The lowest BCUT2D eigenvalue weighted by atomic mass is 9.40. The van der Waals surface area contributed by atoms with Gasteiger partial charge in [0.15, 0.2) is 17.5 Å². The summed E-state index contributed by atoms with van der Waals surface area (Å²) in [6, 6.07) is 46.1. The van der Waals surface area contributed by atoms with E-state index < -0.39 is 0 Å². The fourth-order valence-corrected chi connectivity index (χ4v) is 11.6. The summed E-state index contributed by atoms with van der Waals surface area (Å²) in [7, 11) is 0. The van der Waals surface area contributed by atoms with Crippen molar-refractivity contribution in [2.24, 2.45) is 29.1 Å². The topological polar surface area (TPSA) is 110 Å². The first-order valence-electron chi connectivity index (χ1n) is 20.1. The molecule has 274 valence electrons. The van der Waals surface area contributed by atoms with Crippen LogP contribution in [0.3, 0.4) is 0 Å². The highest BCUT2D eigenvalue weighted by molar-refractivity contribution is 6.00. The molecular weight excluding hydrogens is 697 g/mol. The predicted octanol–water partition coefficient (Wildman–Crippen LogP) is 11.4. The fraction of sp³-hybridized carbons (Fsp3) is 0.255. The minimum Gasteiger partial charge on any atom is -0.209 e. The number of rotatable bonds is 6. The Hall–Kier alpha value is -6.68. The van der Waals surface area contributed by atoms with Crippen molar-refractivity contribution in [3.63, 3.8) is 0 Å². The number of fused-ring (bicyclic) bond motifs is 1. The van der Waals surface area contributed by atoms with Gasteiger partial charge in [0, 0.05) is 33.6 Å². The standard InChI is InChI=1S/C51H40N6/c1-32-40(49-56-47(35-10-4-2-5-11-35)55-48(57-49)36-12-6-3-7-13-36)20-21-46(45(32)30-54)51-26-33-22-34(27-51)25-50(24-33,31-51)39-18-19-42(38(23-39)29-53)44-17-9-15-41-37(28-52)14-8-16-43(41)44/h2-21,23,32-34,45H,22,24-27,31H2,1H3. The molecule has 4 fully saturated rings. The number of nitrogens with zero attached hydrogens (tertiary/aromatic N) is 6. The molecule has 6 heteroatoms. The lowest BCUT2D eigenvalue weighted by Crippen LogP contribution is -2.55. The SMILES string of the molecule is CC1C(c2nc(-c3ccccc3)nc(-c3ccccc3)n2)=CC=C(C23CC4CC(C2)CC(c2ccc(-c5cccc6c(C#N)cccc56)c(C#N)c2)(C4)C3)C1C#N. The van der Waals surface area contributed by atoms with Crippen molar-refractivity contribution in [1.82, 2.24) is 15.0 Å². The molecule has 6 nitrogen and oxygen atoms in total. The van der Waals surface area contributed by atoms with E-state index in [1.807, 2.05) is 91.0 Å². The van der Waals surface area contributed by atoms with Gasteiger partial charge in [-0.25, -0.2) is 15.0 Å². The molecule has 4 unspecified atom stereocenters. The molecule has 5 aliphatic carbocycles. The van der Waals surface area contributed by atoms with E-state index in [0.29, 0.717) is 40.4 Å². The Labute approximate surface area is 333 Å². The van der Waals surface area contributed by atoms with Crippen LogP contribution in [0, 0.1) is 63.1 Å². The monoisotopic (exact) mass is 736 g/mol. The Bertz CT molecular complexity index is 2710. The molecule has 0 radical (unpaired) electrons. The molecule has 6 aromatic rings. The quantitative estimate of drug-likeness (QED) is 0.168. The molecule has 4 atom stereocenters. The first kappa shape index (κ1) is 34.8. The third kappa shape index (κ3) is 5.69. The Morgan fingerprint density at radius 1 is 0.579 bits per heavy atom. The van der Waals surface area contributed by atoms with Crippen molar-refractivity contribution < 1.29 is 0 Å². The summed E-state index contributed by atoms with van der Waals surface area (Å²) in [5, 5.41) is 33.3. The summed E-state index contributed by atoms with van der Waals surface area (Å²) in [5.74, 6) is 2.59. The molecule has 0 saturated heterocycles. The molecule has 57 heavy (non-hydrogen) atoms. The van der Waals surface area contributed by atoms with Gasteiger partial charge >= 0.3 is 0 Å². The van der Waals surface area contributed by atoms with E-state index >= 15 is 0 Å².